The molecule has 1 unspecified atom stereocenters. The molecule has 16 heavy (non-hydrogen) atoms. The summed E-state index contributed by atoms with van der Waals surface area (Å²) in [7, 11) is 0. The molecule has 2 rings (SSSR count). The second-order valence-electron chi connectivity index (χ2n) is 4.12. The minimum atomic E-state index is 0.125. The second-order valence-corrected chi connectivity index (χ2v) is 5.70. The van der Waals surface area contributed by atoms with E-state index < -0.39 is 0 Å². The van der Waals surface area contributed by atoms with Gasteiger partial charge in [0, 0.05) is 22.0 Å². The smallest absolute Gasteiger partial charge is 0.0582 e. The van der Waals surface area contributed by atoms with Gasteiger partial charge in [0.25, 0.3) is 0 Å². The molecule has 0 amide bonds. The summed E-state index contributed by atoms with van der Waals surface area (Å²) in [6, 6.07) is 6.49. The molecule has 2 nitrogen and oxygen atoms in total. The lowest BCUT2D eigenvalue weighted by molar-refractivity contribution is 0.239. The van der Waals surface area contributed by atoms with Crippen molar-refractivity contribution >= 4 is 23.4 Å². The zero-order chi connectivity index (χ0) is 11.5. The van der Waals surface area contributed by atoms with Gasteiger partial charge in [-0.1, -0.05) is 11.6 Å². The highest BCUT2D eigenvalue weighted by Crippen LogP contribution is 2.37. The third-order valence-corrected chi connectivity index (χ3v) is 4.13. The van der Waals surface area contributed by atoms with Gasteiger partial charge < -0.3 is 10.4 Å². The highest BCUT2D eigenvalue weighted by Gasteiger charge is 2.21. The molecule has 0 bridgehead atoms. The van der Waals surface area contributed by atoms with Crippen molar-refractivity contribution in [3.63, 3.8) is 0 Å². The predicted molar refractivity (Wildman–Crippen MR) is 69.2 cm³/mol. The summed E-state index contributed by atoms with van der Waals surface area (Å²) in [5.74, 6) is 1.12. The Morgan fingerprint density at radius 1 is 1.62 bits per heavy atom. The summed E-state index contributed by atoms with van der Waals surface area (Å²) in [4.78, 5) is 1.30. The molecule has 0 aliphatic carbocycles. The highest BCUT2D eigenvalue weighted by molar-refractivity contribution is 7.99. The molecular formula is C12H16ClNOS. The molecule has 0 spiro atoms. The molecule has 1 aliphatic rings. The summed E-state index contributed by atoms with van der Waals surface area (Å²) < 4.78 is 0. The van der Waals surface area contributed by atoms with E-state index in [0.717, 1.165) is 17.2 Å². The number of aliphatic hydroxyl groups is 1. The van der Waals surface area contributed by atoms with Gasteiger partial charge in [0.15, 0.2) is 0 Å². The minimum Gasteiger partial charge on any atom is -0.395 e. The lowest BCUT2D eigenvalue weighted by atomic mass is 10.0. The summed E-state index contributed by atoms with van der Waals surface area (Å²) >= 11 is 7.90. The van der Waals surface area contributed by atoms with Gasteiger partial charge >= 0.3 is 0 Å². The number of hydrogen-bond donors (Lipinski definition) is 2. The van der Waals surface area contributed by atoms with E-state index in [1.807, 2.05) is 30.8 Å². The van der Waals surface area contributed by atoms with Gasteiger partial charge in [0.2, 0.25) is 0 Å². The SMILES string of the molecule is C[C@@H](CO)NC1CCSc2ccc(Cl)cc21. The van der Waals surface area contributed by atoms with Crippen LogP contribution in [-0.4, -0.2) is 23.5 Å². The first-order valence-electron chi connectivity index (χ1n) is 5.50. The number of thioether (sulfide) groups is 1. The zero-order valence-corrected chi connectivity index (χ0v) is 10.8. The van der Waals surface area contributed by atoms with Crippen LogP contribution >= 0.6 is 23.4 Å². The van der Waals surface area contributed by atoms with E-state index in [4.69, 9.17) is 16.7 Å². The first-order valence-corrected chi connectivity index (χ1v) is 6.86. The monoisotopic (exact) mass is 257 g/mol. The third-order valence-electron chi connectivity index (χ3n) is 2.77. The normalized spacial score (nSPS) is 21.6. The summed E-state index contributed by atoms with van der Waals surface area (Å²) in [5, 5.41) is 13.3. The molecule has 2 atom stereocenters. The Hall–Kier alpha value is -0.220. The number of aliphatic hydroxyl groups excluding tert-OH is 1. The van der Waals surface area contributed by atoms with E-state index in [-0.39, 0.29) is 12.6 Å². The molecule has 1 aromatic carbocycles. The first kappa shape index (κ1) is 12.2. The van der Waals surface area contributed by atoms with Gasteiger partial charge in [0.1, 0.15) is 0 Å². The van der Waals surface area contributed by atoms with Gasteiger partial charge in [-0.3, -0.25) is 0 Å². The van der Waals surface area contributed by atoms with E-state index in [1.54, 1.807) is 0 Å². The number of halogens is 1. The van der Waals surface area contributed by atoms with Crippen LogP contribution in [0, 0.1) is 0 Å². The van der Waals surface area contributed by atoms with Crippen molar-refractivity contribution in [2.24, 2.45) is 0 Å². The van der Waals surface area contributed by atoms with Crippen LogP contribution in [0.15, 0.2) is 23.1 Å². The molecule has 4 heteroatoms. The van der Waals surface area contributed by atoms with Crippen LogP contribution in [-0.2, 0) is 0 Å². The molecule has 88 valence electrons. The maximum Gasteiger partial charge on any atom is 0.0582 e. The van der Waals surface area contributed by atoms with E-state index in [1.165, 1.54) is 10.5 Å². The van der Waals surface area contributed by atoms with Crippen molar-refractivity contribution in [3.05, 3.63) is 28.8 Å². The zero-order valence-electron chi connectivity index (χ0n) is 9.24. The van der Waals surface area contributed by atoms with Crippen LogP contribution < -0.4 is 5.32 Å². The Bertz CT molecular complexity index is 372. The largest absolute Gasteiger partial charge is 0.395 e. The van der Waals surface area contributed by atoms with Crippen LogP contribution in [0.4, 0.5) is 0 Å². The van der Waals surface area contributed by atoms with Crippen LogP contribution in [0.2, 0.25) is 5.02 Å². The maximum absolute atomic E-state index is 9.07. The quantitative estimate of drug-likeness (QED) is 0.874. The molecule has 0 fully saturated rings. The average molecular weight is 258 g/mol. The molecule has 0 saturated heterocycles. The molecule has 1 heterocycles. The third kappa shape index (κ3) is 2.72. The Kier molecular flexibility index (Phi) is 4.14. The van der Waals surface area contributed by atoms with Gasteiger partial charge in [0.05, 0.1) is 6.61 Å². The van der Waals surface area contributed by atoms with Crippen LogP contribution in [0.25, 0.3) is 0 Å². The minimum absolute atomic E-state index is 0.125. The van der Waals surface area contributed by atoms with Gasteiger partial charge in [-0.05, 0) is 42.9 Å². The lowest BCUT2D eigenvalue weighted by Crippen LogP contribution is -2.34. The lowest BCUT2D eigenvalue weighted by Gasteiger charge is -2.28. The number of hydrogen-bond acceptors (Lipinski definition) is 3. The Morgan fingerprint density at radius 2 is 2.44 bits per heavy atom. The van der Waals surface area contributed by atoms with Crippen LogP contribution in [0.1, 0.15) is 24.9 Å². The summed E-state index contributed by atoms with van der Waals surface area (Å²) in [6.45, 7) is 2.16. The first-order chi connectivity index (χ1) is 7.70. The topological polar surface area (TPSA) is 32.3 Å². The van der Waals surface area contributed by atoms with Crippen LogP contribution in [0.5, 0.6) is 0 Å². The molecular weight excluding hydrogens is 242 g/mol. The Labute approximate surface area is 105 Å². The molecule has 0 radical (unpaired) electrons. The van der Waals surface area contributed by atoms with Crippen molar-refractivity contribution < 1.29 is 5.11 Å². The number of nitrogens with one attached hydrogen (secondary N) is 1. The van der Waals surface area contributed by atoms with Crippen molar-refractivity contribution in [2.45, 2.75) is 30.3 Å². The van der Waals surface area contributed by atoms with E-state index in [2.05, 4.69) is 11.4 Å². The van der Waals surface area contributed by atoms with Crippen molar-refractivity contribution in [2.75, 3.05) is 12.4 Å². The average Bonchev–Trinajstić information content (AvgIpc) is 2.29. The standard InChI is InChI=1S/C12H16ClNOS/c1-8(7-15)14-11-4-5-16-12-3-2-9(13)6-10(11)12/h2-3,6,8,11,14-15H,4-5,7H2,1H3/t8-,11?/m0/s1. The number of rotatable bonds is 3. The van der Waals surface area contributed by atoms with Crippen LogP contribution in [0.3, 0.4) is 0 Å². The fraction of sp³-hybridized carbons (Fsp3) is 0.500. The summed E-state index contributed by atoms with van der Waals surface area (Å²) in [6.07, 6.45) is 1.09. The fourth-order valence-electron chi connectivity index (χ4n) is 1.93. The Balaban J connectivity index is 2.21. The fourth-order valence-corrected chi connectivity index (χ4v) is 3.22. The van der Waals surface area contributed by atoms with Crippen molar-refractivity contribution in [1.82, 2.24) is 5.32 Å². The molecule has 0 aromatic heterocycles. The van der Waals surface area contributed by atoms with Gasteiger partial charge in [-0.25, -0.2) is 0 Å². The number of benzene rings is 1. The Morgan fingerprint density at radius 3 is 3.19 bits per heavy atom. The van der Waals surface area contributed by atoms with E-state index in [9.17, 15) is 0 Å². The molecule has 1 aliphatic heterocycles. The predicted octanol–water partition coefficient (Wildman–Crippen LogP) is 2.85. The molecule has 1 aromatic rings. The van der Waals surface area contributed by atoms with Crippen molar-refractivity contribution in [1.29, 1.82) is 0 Å². The second kappa shape index (κ2) is 5.41. The van der Waals surface area contributed by atoms with Gasteiger partial charge in [-0.2, -0.15) is 0 Å². The van der Waals surface area contributed by atoms with Crippen molar-refractivity contribution in [3.8, 4) is 0 Å². The van der Waals surface area contributed by atoms with E-state index >= 15 is 0 Å². The van der Waals surface area contributed by atoms with E-state index in [0.29, 0.717) is 6.04 Å². The molecule has 0 saturated carbocycles. The van der Waals surface area contributed by atoms with Gasteiger partial charge in [-0.15, -0.1) is 11.8 Å². The summed E-state index contributed by atoms with van der Waals surface area (Å²) in [5.41, 5.74) is 1.27. The number of fused-ring (bicyclic) bond motifs is 1. The maximum atomic E-state index is 9.07. The molecule has 2 N–H and O–H groups in total. The highest BCUT2D eigenvalue weighted by atomic mass is 35.5.